The topological polar surface area (TPSA) is 67.9 Å². The van der Waals surface area contributed by atoms with Gasteiger partial charge in [0.15, 0.2) is 0 Å². The molecule has 6 heteroatoms. The molecule has 2 amide bonds. The van der Waals surface area contributed by atoms with Gasteiger partial charge in [0.1, 0.15) is 5.75 Å². The van der Waals surface area contributed by atoms with Crippen molar-refractivity contribution < 1.29 is 19.1 Å². The minimum absolute atomic E-state index is 0.0483. The number of methoxy groups -OCH3 is 2. The Labute approximate surface area is 130 Å². The largest absolute Gasteiger partial charge is 0.497 e. The van der Waals surface area contributed by atoms with Gasteiger partial charge in [-0.2, -0.15) is 0 Å². The summed E-state index contributed by atoms with van der Waals surface area (Å²) in [6.45, 7) is 2.71. The van der Waals surface area contributed by atoms with Gasteiger partial charge in [0, 0.05) is 37.9 Å². The molecule has 0 saturated carbocycles. The molecule has 1 saturated heterocycles. The second-order valence-electron chi connectivity index (χ2n) is 5.47. The minimum atomic E-state index is -0.335. The van der Waals surface area contributed by atoms with Crippen molar-refractivity contribution in [3.8, 4) is 5.75 Å². The highest BCUT2D eigenvalue weighted by Crippen LogP contribution is 2.27. The van der Waals surface area contributed by atoms with Crippen LogP contribution in [-0.2, 0) is 14.3 Å². The summed E-state index contributed by atoms with van der Waals surface area (Å²) in [7, 11) is 3.17. The lowest BCUT2D eigenvalue weighted by molar-refractivity contribution is -0.127. The van der Waals surface area contributed by atoms with Crippen molar-refractivity contribution in [1.82, 2.24) is 5.32 Å². The second kappa shape index (κ2) is 7.26. The Kier molecular flexibility index (Phi) is 5.38. The third kappa shape index (κ3) is 3.76. The maximum atomic E-state index is 12.2. The lowest BCUT2D eigenvalue weighted by Gasteiger charge is -2.18. The Hall–Kier alpha value is -2.08. The second-order valence-corrected chi connectivity index (χ2v) is 5.47. The smallest absolute Gasteiger partial charge is 0.227 e. The van der Waals surface area contributed by atoms with E-state index in [4.69, 9.17) is 9.47 Å². The zero-order valence-electron chi connectivity index (χ0n) is 13.2. The Balaban J connectivity index is 2.02. The number of carbonyl (C=O) groups is 2. The summed E-state index contributed by atoms with van der Waals surface area (Å²) in [5.41, 5.74) is 0.754. The van der Waals surface area contributed by atoms with Crippen molar-refractivity contribution in [2.45, 2.75) is 19.4 Å². The summed E-state index contributed by atoms with van der Waals surface area (Å²) in [6.07, 6.45) is 0.225. The van der Waals surface area contributed by atoms with Gasteiger partial charge in [0.05, 0.1) is 19.6 Å². The summed E-state index contributed by atoms with van der Waals surface area (Å²) in [6, 6.07) is 7.22. The fraction of sp³-hybridized carbons (Fsp3) is 0.500. The first-order valence-corrected chi connectivity index (χ1v) is 7.29. The van der Waals surface area contributed by atoms with Crippen LogP contribution in [0, 0.1) is 5.92 Å². The number of hydrogen-bond acceptors (Lipinski definition) is 4. The molecule has 2 atom stereocenters. The van der Waals surface area contributed by atoms with Crippen molar-refractivity contribution in [3.63, 3.8) is 0 Å². The van der Waals surface area contributed by atoms with Gasteiger partial charge in [0.25, 0.3) is 0 Å². The number of nitrogens with zero attached hydrogens (tertiary/aromatic N) is 1. The number of hydrogen-bond donors (Lipinski definition) is 1. The molecule has 120 valence electrons. The maximum Gasteiger partial charge on any atom is 0.227 e. The Morgan fingerprint density at radius 3 is 2.91 bits per heavy atom. The standard InChI is InChI=1S/C16H22N2O4/c1-11(10-21-2)17-16(20)12-7-15(19)18(9-12)13-5-4-6-14(8-13)22-3/h4-6,8,11-12H,7,9-10H2,1-3H3,(H,17,20)/t11-,12-/m1/s1. The third-order valence-corrected chi connectivity index (χ3v) is 3.67. The molecule has 0 bridgehead atoms. The summed E-state index contributed by atoms with van der Waals surface area (Å²) >= 11 is 0. The molecule has 1 aliphatic rings. The first kappa shape index (κ1) is 16.3. The number of benzene rings is 1. The van der Waals surface area contributed by atoms with Crippen LogP contribution in [0.2, 0.25) is 0 Å². The SMILES string of the molecule is COC[C@@H](C)NC(=O)[C@@H]1CC(=O)N(c2cccc(OC)c2)C1. The van der Waals surface area contributed by atoms with E-state index in [1.54, 1.807) is 25.2 Å². The van der Waals surface area contributed by atoms with E-state index in [1.807, 2.05) is 25.1 Å². The van der Waals surface area contributed by atoms with Crippen LogP contribution < -0.4 is 15.0 Å². The van der Waals surface area contributed by atoms with Gasteiger partial charge >= 0.3 is 0 Å². The van der Waals surface area contributed by atoms with Gasteiger partial charge in [0.2, 0.25) is 11.8 Å². The number of carbonyl (C=O) groups excluding carboxylic acids is 2. The van der Waals surface area contributed by atoms with E-state index in [0.717, 1.165) is 5.69 Å². The number of amides is 2. The van der Waals surface area contributed by atoms with E-state index in [0.29, 0.717) is 18.9 Å². The minimum Gasteiger partial charge on any atom is -0.497 e. The molecule has 0 unspecified atom stereocenters. The molecule has 1 N–H and O–H groups in total. The van der Waals surface area contributed by atoms with Gasteiger partial charge in [-0.3, -0.25) is 9.59 Å². The Bertz CT molecular complexity index is 547. The summed E-state index contributed by atoms with van der Waals surface area (Å²) in [4.78, 5) is 26.0. The van der Waals surface area contributed by atoms with Crippen molar-refractivity contribution in [3.05, 3.63) is 24.3 Å². The van der Waals surface area contributed by atoms with Crippen molar-refractivity contribution in [2.75, 3.05) is 32.3 Å². The molecule has 2 rings (SSSR count). The fourth-order valence-corrected chi connectivity index (χ4v) is 2.56. The quantitative estimate of drug-likeness (QED) is 0.857. The van der Waals surface area contributed by atoms with E-state index in [2.05, 4.69) is 5.32 Å². The van der Waals surface area contributed by atoms with Crippen LogP contribution in [0.4, 0.5) is 5.69 Å². The molecule has 1 heterocycles. The van der Waals surface area contributed by atoms with Crippen LogP contribution in [0.15, 0.2) is 24.3 Å². The maximum absolute atomic E-state index is 12.2. The van der Waals surface area contributed by atoms with E-state index in [9.17, 15) is 9.59 Å². The lowest BCUT2D eigenvalue weighted by atomic mass is 10.1. The average Bonchev–Trinajstić information content (AvgIpc) is 2.89. The first-order chi connectivity index (χ1) is 10.5. The zero-order chi connectivity index (χ0) is 16.1. The number of nitrogens with one attached hydrogen (secondary N) is 1. The Morgan fingerprint density at radius 2 is 2.23 bits per heavy atom. The van der Waals surface area contributed by atoms with E-state index < -0.39 is 0 Å². The van der Waals surface area contributed by atoms with Crippen molar-refractivity contribution in [1.29, 1.82) is 0 Å². The summed E-state index contributed by atoms with van der Waals surface area (Å²) in [5.74, 6) is 0.195. The number of ether oxygens (including phenoxy) is 2. The van der Waals surface area contributed by atoms with E-state index in [1.165, 1.54) is 0 Å². The molecule has 0 aromatic heterocycles. The van der Waals surface area contributed by atoms with Crippen molar-refractivity contribution in [2.24, 2.45) is 5.92 Å². The van der Waals surface area contributed by atoms with E-state index in [-0.39, 0.29) is 30.2 Å². The van der Waals surface area contributed by atoms with Gasteiger partial charge < -0.3 is 19.7 Å². The molecular formula is C16H22N2O4. The lowest BCUT2D eigenvalue weighted by Crippen LogP contribution is -2.40. The van der Waals surface area contributed by atoms with Crippen LogP contribution in [0.25, 0.3) is 0 Å². The average molecular weight is 306 g/mol. The molecule has 0 spiro atoms. The number of rotatable bonds is 6. The van der Waals surface area contributed by atoms with Gasteiger partial charge in [-0.15, -0.1) is 0 Å². The third-order valence-electron chi connectivity index (χ3n) is 3.67. The Morgan fingerprint density at radius 1 is 1.45 bits per heavy atom. The number of anilines is 1. The van der Waals surface area contributed by atoms with Crippen LogP contribution >= 0.6 is 0 Å². The van der Waals surface area contributed by atoms with Crippen LogP contribution in [-0.4, -0.2) is 45.2 Å². The molecule has 1 aromatic rings. The first-order valence-electron chi connectivity index (χ1n) is 7.29. The fourth-order valence-electron chi connectivity index (χ4n) is 2.56. The molecule has 6 nitrogen and oxygen atoms in total. The monoisotopic (exact) mass is 306 g/mol. The van der Waals surface area contributed by atoms with Gasteiger partial charge in [-0.25, -0.2) is 0 Å². The molecule has 1 fully saturated rings. The normalized spacial score (nSPS) is 19.1. The highest BCUT2D eigenvalue weighted by atomic mass is 16.5. The molecule has 22 heavy (non-hydrogen) atoms. The van der Waals surface area contributed by atoms with Crippen molar-refractivity contribution >= 4 is 17.5 Å². The van der Waals surface area contributed by atoms with Crippen LogP contribution in [0.3, 0.4) is 0 Å². The molecule has 0 radical (unpaired) electrons. The highest BCUT2D eigenvalue weighted by molar-refractivity contribution is 6.00. The molecule has 1 aromatic carbocycles. The van der Waals surface area contributed by atoms with Crippen LogP contribution in [0.5, 0.6) is 5.75 Å². The molecule has 1 aliphatic heterocycles. The van der Waals surface area contributed by atoms with Gasteiger partial charge in [-0.05, 0) is 19.1 Å². The highest BCUT2D eigenvalue weighted by Gasteiger charge is 2.35. The van der Waals surface area contributed by atoms with E-state index >= 15 is 0 Å². The van der Waals surface area contributed by atoms with Gasteiger partial charge in [-0.1, -0.05) is 6.07 Å². The zero-order valence-corrected chi connectivity index (χ0v) is 13.2. The van der Waals surface area contributed by atoms with Crippen LogP contribution in [0.1, 0.15) is 13.3 Å². The summed E-state index contributed by atoms with van der Waals surface area (Å²) in [5, 5.41) is 2.87. The molecule has 0 aliphatic carbocycles. The predicted octanol–water partition coefficient (Wildman–Crippen LogP) is 1.20. The summed E-state index contributed by atoms with van der Waals surface area (Å²) < 4.78 is 10.2. The predicted molar refractivity (Wildman–Crippen MR) is 82.9 cm³/mol. The molecular weight excluding hydrogens is 284 g/mol.